The van der Waals surface area contributed by atoms with E-state index in [4.69, 9.17) is 0 Å². The van der Waals surface area contributed by atoms with Gasteiger partial charge in [0.25, 0.3) is 5.91 Å². The van der Waals surface area contributed by atoms with Gasteiger partial charge in [0.1, 0.15) is 0 Å². The van der Waals surface area contributed by atoms with Gasteiger partial charge in [-0.05, 0) is 79.9 Å². The van der Waals surface area contributed by atoms with Crippen molar-refractivity contribution < 1.29 is 9.59 Å². The molecule has 1 aromatic heterocycles. The summed E-state index contributed by atoms with van der Waals surface area (Å²) in [7, 11) is 1.97. The molecule has 2 amide bonds. The lowest BCUT2D eigenvalue weighted by atomic mass is 9.48. The van der Waals surface area contributed by atoms with Crippen LogP contribution in [0.25, 0.3) is 0 Å². The molecule has 0 spiro atoms. The zero-order valence-electron chi connectivity index (χ0n) is 18.3. The summed E-state index contributed by atoms with van der Waals surface area (Å²) >= 11 is 0. The van der Waals surface area contributed by atoms with Crippen molar-refractivity contribution in [1.82, 2.24) is 15.2 Å². The van der Waals surface area contributed by atoms with Crippen LogP contribution in [0.4, 0.5) is 0 Å². The summed E-state index contributed by atoms with van der Waals surface area (Å²) in [5, 5.41) is 3.38. The van der Waals surface area contributed by atoms with Gasteiger partial charge in [-0.15, -0.1) is 0 Å². The van der Waals surface area contributed by atoms with Gasteiger partial charge >= 0.3 is 0 Å². The lowest BCUT2D eigenvalue weighted by Crippen LogP contribution is -2.60. The monoisotopic (exact) mass is 407 g/mol. The molecule has 1 N–H and O–H groups in total. The molecule has 1 aliphatic heterocycles. The number of rotatable bonds is 2. The Labute approximate surface area is 179 Å². The van der Waals surface area contributed by atoms with Gasteiger partial charge < -0.3 is 10.2 Å². The van der Waals surface area contributed by atoms with Gasteiger partial charge in [-0.25, -0.2) is 0 Å². The van der Waals surface area contributed by atoms with Crippen molar-refractivity contribution in [1.29, 1.82) is 0 Å². The van der Waals surface area contributed by atoms with E-state index < -0.39 is 0 Å². The molecule has 160 valence electrons. The Bertz CT molecular complexity index is 884. The molecule has 1 aromatic rings. The minimum atomic E-state index is 0.0254. The Morgan fingerprint density at radius 1 is 1.10 bits per heavy atom. The van der Waals surface area contributed by atoms with Crippen molar-refractivity contribution in [2.75, 3.05) is 7.05 Å². The number of aromatic nitrogens is 1. The normalized spacial score (nSPS) is 42.3. The summed E-state index contributed by atoms with van der Waals surface area (Å²) in [5.41, 5.74) is 0.928. The van der Waals surface area contributed by atoms with Crippen LogP contribution in [-0.4, -0.2) is 40.8 Å². The molecular weight excluding hydrogens is 374 g/mol. The first-order chi connectivity index (χ1) is 14.3. The Hall–Kier alpha value is -2.17. The summed E-state index contributed by atoms with van der Waals surface area (Å²) in [6, 6.07) is 4.14. The van der Waals surface area contributed by atoms with Crippen molar-refractivity contribution in [3.8, 4) is 0 Å². The number of nitrogens with zero attached hydrogens (tertiary/aromatic N) is 2. The van der Waals surface area contributed by atoms with E-state index in [2.05, 4.69) is 30.2 Å². The SMILES string of the molecule is CN1C(=O)C=C[C@]2(C)[C@H]3CC[C@]4(C)C(NC(=O)c5ccncc5)CC[C@H]4[C@@H]3CC[C@@H]12. The number of likely N-dealkylation sites (N-methyl/N-ethyl adjacent to an activating group) is 1. The fraction of sp³-hybridized carbons (Fsp3) is 0.640. The molecule has 0 bridgehead atoms. The summed E-state index contributed by atoms with van der Waals surface area (Å²) in [6.45, 7) is 4.80. The summed E-state index contributed by atoms with van der Waals surface area (Å²) < 4.78 is 0. The predicted molar refractivity (Wildman–Crippen MR) is 116 cm³/mol. The van der Waals surface area contributed by atoms with Gasteiger partial charge in [-0.3, -0.25) is 14.6 Å². The first-order valence-corrected chi connectivity index (χ1v) is 11.5. The lowest BCUT2D eigenvalue weighted by molar-refractivity contribution is -0.138. The third-order valence-corrected chi connectivity index (χ3v) is 9.38. The van der Waals surface area contributed by atoms with Crippen LogP contribution in [0.3, 0.4) is 0 Å². The Morgan fingerprint density at radius 3 is 2.63 bits per heavy atom. The van der Waals surface area contributed by atoms with Crippen LogP contribution in [0, 0.1) is 28.6 Å². The first-order valence-electron chi connectivity index (χ1n) is 11.5. The zero-order chi connectivity index (χ0) is 21.1. The third-order valence-electron chi connectivity index (χ3n) is 9.38. The van der Waals surface area contributed by atoms with E-state index >= 15 is 0 Å². The van der Waals surface area contributed by atoms with Crippen molar-refractivity contribution in [2.24, 2.45) is 28.6 Å². The molecule has 5 rings (SSSR count). The minimum Gasteiger partial charge on any atom is -0.349 e. The molecular formula is C25H33N3O2. The maximum Gasteiger partial charge on any atom is 0.251 e. The highest BCUT2D eigenvalue weighted by molar-refractivity contribution is 5.94. The van der Waals surface area contributed by atoms with Crippen LogP contribution >= 0.6 is 0 Å². The average Bonchev–Trinajstić information content (AvgIpc) is 3.08. The number of fused-ring (bicyclic) bond motifs is 5. The quantitative estimate of drug-likeness (QED) is 0.811. The molecule has 3 fully saturated rings. The zero-order valence-corrected chi connectivity index (χ0v) is 18.3. The van der Waals surface area contributed by atoms with Crippen molar-refractivity contribution >= 4 is 11.8 Å². The molecule has 5 heteroatoms. The van der Waals surface area contributed by atoms with Gasteiger partial charge in [0.05, 0.1) is 0 Å². The van der Waals surface area contributed by atoms with E-state index in [1.54, 1.807) is 30.6 Å². The molecule has 3 saturated carbocycles. The van der Waals surface area contributed by atoms with Gasteiger partial charge in [0, 0.05) is 42.5 Å². The Kier molecular flexibility index (Phi) is 4.57. The fourth-order valence-corrected chi connectivity index (χ4v) is 7.72. The highest BCUT2D eigenvalue weighted by Crippen LogP contribution is 2.63. The highest BCUT2D eigenvalue weighted by Gasteiger charge is 2.60. The first kappa shape index (κ1) is 19.8. The van der Waals surface area contributed by atoms with Crippen molar-refractivity contribution in [2.45, 2.75) is 64.5 Å². The number of carbonyl (C=O) groups excluding carboxylic acids is 2. The molecule has 4 aliphatic rings. The van der Waals surface area contributed by atoms with Crippen LogP contribution in [0.1, 0.15) is 62.7 Å². The van der Waals surface area contributed by atoms with Crippen LogP contribution in [0.2, 0.25) is 0 Å². The third kappa shape index (κ3) is 2.77. The predicted octanol–water partition coefficient (Wildman–Crippen LogP) is 3.82. The van der Waals surface area contributed by atoms with E-state index in [-0.39, 0.29) is 28.7 Å². The molecule has 0 saturated heterocycles. The summed E-state index contributed by atoms with van der Waals surface area (Å²) in [5.74, 6) is 2.12. The van der Waals surface area contributed by atoms with E-state index in [0.29, 0.717) is 29.4 Å². The van der Waals surface area contributed by atoms with E-state index in [9.17, 15) is 9.59 Å². The lowest BCUT2D eigenvalue weighted by Gasteiger charge is -2.60. The average molecular weight is 408 g/mol. The topological polar surface area (TPSA) is 62.3 Å². The number of hydrogen-bond donors (Lipinski definition) is 1. The number of pyridine rings is 1. The number of hydrogen-bond acceptors (Lipinski definition) is 3. The van der Waals surface area contributed by atoms with Crippen molar-refractivity contribution in [3.63, 3.8) is 0 Å². The van der Waals surface area contributed by atoms with Gasteiger partial charge in [-0.2, -0.15) is 0 Å². The van der Waals surface area contributed by atoms with Crippen LogP contribution in [-0.2, 0) is 4.79 Å². The van der Waals surface area contributed by atoms with E-state index in [1.165, 1.54) is 19.3 Å². The van der Waals surface area contributed by atoms with Crippen LogP contribution < -0.4 is 5.32 Å². The maximum absolute atomic E-state index is 12.8. The molecule has 3 aliphatic carbocycles. The maximum atomic E-state index is 12.8. The molecule has 5 nitrogen and oxygen atoms in total. The fourth-order valence-electron chi connectivity index (χ4n) is 7.72. The van der Waals surface area contributed by atoms with Crippen molar-refractivity contribution in [3.05, 3.63) is 42.2 Å². The molecule has 30 heavy (non-hydrogen) atoms. The van der Waals surface area contributed by atoms with Gasteiger partial charge in [0.2, 0.25) is 5.91 Å². The van der Waals surface area contributed by atoms with E-state index in [1.807, 2.05) is 11.9 Å². The molecule has 7 atom stereocenters. The van der Waals surface area contributed by atoms with Gasteiger partial charge in [-0.1, -0.05) is 19.9 Å². The second-order valence-electron chi connectivity index (χ2n) is 10.5. The Balaban J connectivity index is 1.37. The summed E-state index contributed by atoms with van der Waals surface area (Å²) in [6.07, 6.45) is 14.3. The molecule has 2 heterocycles. The molecule has 1 unspecified atom stereocenters. The van der Waals surface area contributed by atoms with Crippen LogP contribution in [0.5, 0.6) is 0 Å². The number of carbonyl (C=O) groups is 2. The number of nitrogens with one attached hydrogen (secondary N) is 1. The Morgan fingerprint density at radius 2 is 1.87 bits per heavy atom. The minimum absolute atomic E-state index is 0.0254. The highest BCUT2D eigenvalue weighted by atomic mass is 16.2. The van der Waals surface area contributed by atoms with Crippen LogP contribution in [0.15, 0.2) is 36.7 Å². The molecule has 0 radical (unpaired) electrons. The molecule has 0 aromatic carbocycles. The largest absolute Gasteiger partial charge is 0.349 e. The smallest absolute Gasteiger partial charge is 0.251 e. The van der Waals surface area contributed by atoms with E-state index in [0.717, 1.165) is 19.3 Å². The summed E-state index contributed by atoms with van der Waals surface area (Å²) in [4.78, 5) is 31.1. The number of amides is 2. The second kappa shape index (κ2) is 6.93. The standard InChI is InChI=1S/C25H33N3O2/c1-24-12-8-19-17(4-7-21-25(19,2)13-9-22(29)28(21)3)18(24)5-6-20(24)27-23(30)16-10-14-26-15-11-16/h9-11,13-15,17-21H,4-8,12H2,1-3H3,(H,27,30)/t17-,18-,19-,20?,21+,24-,25+/m0/s1. The van der Waals surface area contributed by atoms with Gasteiger partial charge in [0.15, 0.2) is 0 Å². The second-order valence-corrected chi connectivity index (χ2v) is 10.5.